The van der Waals surface area contributed by atoms with Gasteiger partial charge in [0, 0.05) is 48.1 Å². The van der Waals surface area contributed by atoms with Crippen molar-refractivity contribution in [3.05, 3.63) is 83.2 Å². The molecule has 170 valence electrons. The van der Waals surface area contributed by atoms with Gasteiger partial charge in [-0.15, -0.1) is 0 Å². The molecule has 0 atom stereocenters. The molecule has 0 aliphatic rings. The number of nitrogens with zero attached hydrogens (tertiary/aromatic N) is 3. The molecule has 0 radical (unpaired) electrons. The number of fused-ring (bicyclic) bond motifs is 1. The average Bonchev–Trinajstić information content (AvgIpc) is 2.85. The summed E-state index contributed by atoms with van der Waals surface area (Å²) >= 11 is 0. The highest BCUT2D eigenvalue weighted by atomic mass is 16.5. The van der Waals surface area contributed by atoms with Crippen molar-refractivity contribution in [3.8, 4) is 17.0 Å². The molecule has 0 amide bonds. The van der Waals surface area contributed by atoms with Gasteiger partial charge in [-0.3, -0.25) is 4.98 Å². The molecule has 0 N–H and O–H groups in total. The minimum atomic E-state index is 0.613. The summed E-state index contributed by atoms with van der Waals surface area (Å²) in [5, 5.41) is 2.33. The van der Waals surface area contributed by atoms with E-state index < -0.39 is 0 Å². The molecule has 2 heterocycles. The van der Waals surface area contributed by atoms with Crippen molar-refractivity contribution in [2.45, 2.75) is 47.1 Å². The molecule has 0 aliphatic heterocycles. The van der Waals surface area contributed by atoms with E-state index in [0.29, 0.717) is 13.2 Å². The van der Waals surface area contributed by atoms with Crippen LogP contribution in [-0.2, 0) is 19.4 Å². The molecule has 0 fully saturated rings. The van der Waals surface area contributed by atoms with Gasteiger partial charge in [-0.05, 0) is 49.3 Å². The van der Waals surface area contributed by atoms with Crippen LogP contribution in [0.2, 0.25) is 0 Å². The Bertz CT molecular complexity index is 1240. The smallest absolute Gasteiger partial charge is 0.136 e. The fourth-order valence-electron chi connectivity index (χ4n) is 4.57. The lowest BCUT2D eigenvalue weighted by atomic mass is 9.94. The highest BCUT2D eigenvalue weighted by Crippen LogP contribution is 2.34. The number of aryl methyl sites for hydroxylation is 3. The number of hydrogen-bond acceptors (Lipinski definition) is 4. The minimum Gasteiger partial charge on any atom is -0.493 e. The predicted molar refractivity (Wildman–Crippen MR) is 138 cm³/mol. The molecule has 0 saturated heterocycles. The third kappa shape index (κ3) is 4.56. The van der Waals surface area contributed by atoms with Crippen molar-refractivity contribution in [1.29, 1.82) is 0 Å². The molecule has 4 rings (SSSR count). The summed E-state index contributed by atoms with van der Waals surface area (Å²) in [6.45, 7) is 9.82. The van der Waals surface area contributed by atoms with E-state index in [1.54, 1.807) is 0 Å². The summed E-state index contributed by atoms with van der Waals surface area (Å²) < 4.78 is 6.16. The lowest BCUT2D eigenvalue weighted by molar-refractivity contribution is 0.335. The van der Waals surface area contributed by atoms with Crippen molar-refractivity contribution in [3.63, 3.8) is 0 Å². The zero-order valence-corrected chi connectivity index (χ0v) is 20.4. The summed E-state index contributed by atoms with van der Waals surface area (Å²) in [6, 6.07) is 19.1. The first-order valence-electron chi connectivity index (χ1n) is 11.9. The molecule has 4 heteroatoms. The van der Waals surface area contributed by atoms with Crippen LogP contribution < -0.4 is 9.64 Å². The van der Waals surface area contributed by atoms with Crippen LogP contribution in [0.15, 0.2) is 60.8 Å². The number of aromatic nitrogens is 2. The third-order valence-corrected chi connectivity index (χ3v) is 6.25. The first-order valence-corrected chi connectivity index (χ1v) is 11.9. The second-order valence-corrected chi connectivity index (χ2v) is 8.37. The van der Waals surface area contributed by atoms with Gasteiger partial charge in [0.15, 0.2) is 0 Å². The van der Waals surface area contributed by atoms with Crippen molar-refractivity contribution < 1.29 is 4.74 Å². The minimum absolute atomic E-state index is 0.613. The van der Waals surface area contributed by atoms with Crippen LogP contribution in [-0.4, -0.2) is 23.6 Å². The number of hydrogen-bond donors (Lipinski definition) is 0. The fraction of sp³-hybridized carbons (Fsp3) is 0.310. The van der Waals surface area contributed by atoms with Gasteiger partial charge in [0.25, 0.3) is 0 Å². The van der Waals surface area contributed by atoms with E-state index in [9.17, 15) is 0 Å². The molecular weight excluding hydrogens is 406 g/mol. The molecule has 0 bridgehead atoms. The van der Waals surface area contributed by atoms with Gasteiger partial charge in [0.2, 0.25) is 0 Å². The van der Waals surface area contributed by atoms with Crippen LogP contribution >= 0.6 is 0 Å². The first-order chi connectivity index (χ1) is 16.1. The Kier molecular flexibility index (Phi) is 6.93. The summed E-state index contributed by atoms with van der Waals surface area (Å²) in [7, 11) is 2.08. The molecule has 4 aromatic rings. The Labute approximate surface area is 197 Å². The number of rotatable bonds is 8. The normalized spacial score (nSPS) is 11.1. The maximum Gasteiger partial charge on any atom is 0.136 e. The van der Waals surface area contributed by atoms with Gasteiger partial charge in [-0.25, -0.2) is 4.98 Å². The Morgan fingerprint density at radius 2 is 1.64 bits per heavy atom. The number of pyridine rings is 2. The van der Waals surface area contributed by atoms with Gasteiger partial charge in [-0.2, -0.15) is 0 Å². The lowest BCUT2D eigenvalue weighted by Crippen LogP contribution is -2.20. The SMILES string of the molecule is CCOc1cc(-c2c(CC)cccc2CC)nc(C)c1CN(C)c1nccc2ccccc12. The Morgan fingerprint density at radius 3 is 2.33 bits per heavy atom. The van der Waals surface area contributed by atoms with Gasteiger partial charge in [0.05, 0.1) is 12.3 Å². The van der Waals surface area contributed by atoms with E-state index in [4.69, 9.17) is 9.72 Å². The van der Waals surface area contributed by atoms with E-state index in [1.807, 2.05) is 13.1 Å². The molecule has 2 aromatic heterocycles. The topological polar surface area (TPSA) is 38.2 Å². The van der Waals surface area contributed by atoms with E-state index in [1.165, 1.54) is 22.1 Å². The van der Waals surface area contributed by atoms with Crippen LogP contribution in [0.5, 0.6) is 5.75 Å². The number of ether oxygens (including phenoxy) is 1. The van der Waals surface area contributed by atoms with Crippen LogP contribution in [0.1, 0.15) is 43.2 Å². The monoisotopic (exact) mass is 439 g/mol. The molecule has 4 nitrogen and oxygen atoms in total. The molecular formula is C29H33N3O. The molecule has 0 aliphatic carbocycles. The molecule has 0 spiro atoms. The van der Waals surface area contributed by atoms with Crippen molar-refractivity contribution in [1.82, 2.24) is 9.97 Å². The second-order valence-electron chi connectivity index (χ2n) is 8.37. The maximum atomic E-state index is 6.16. The summed E-state index contributed by atoms with van der Waals surface area (Å²) in [6.07, 6.45) is 3.83. The largest absolute Gasteiger partial charge is 0.493 e. The number of benzene rings is 2. The van der Waals surface area contributed by atoms with Gasteiger partial charge in [0.1, 0.15) is 11.6 Å². The highest BCUT2D eigenvalue weighted by Gasteiger charge is 2.18. The first kappa shape index (κ1) is 22.8. The summed E-state index contributed by atoms with van der Waals surface area (Å²) in [5.41, 5.74) is 7.00. The van der Waals surface area contributed by atoms with Crippen molar-refractivity contribution >= 4 is 16.6 Å². The Balaban J connectivity index is 1.77. The predicted octanol–water partition coefficient (Wildman–Crippen LogP) is 6.77. The van der Waals surface area contributed by atoms with Crippen LogP contribution in [0.25, 0.3) is 22.0 Å². The maximum absolute atomic E-state index is 6.16. The second kappa shape index (κ2) is 10.0. The van der Waals surface area contributed by atoms with Crippen molar-refractivity contribution in [2.24, 2.45) is 0 Å². The van der Waals surface area contributed by atoms with Crippen LogP contribution in [0.4, 0.5) is 5.82 Å². The van der Waals surface area contributed by atoms with Crippen LogP contribution in [0.3, 0.4) is 0 Å². The summed E-state index contributed by atoms with van der Waals surface area (Å²) in [5.74, 6) is 1.86. The Morgan fingerprint density at radius 1 is 0.909 bits per heavy atom. The molecule has 0 unspecified atom stereocenters. The number of anilines is 1. The third-order valence-electron chi connectivity index (χ3n) is 6.25. The van der Waals surface area contributed by atoms with Gasteiger partial charge < -0.3 is 9.64 Å². The molecule has 2 aromatic carbocycles. The highest BCUT2D eigenvalue weighted by molar-refractivity contribution is 5.92. The molecule has 33 heavy (non-hydrogen) atoms. The lowest BCUT2D eigenvalue weighted by Gasteiger charge is -2.23. The zero-order valence-electron chi connectivity index (χ0n) is 20.4. The van der Waals surface area contributed by atoms with Gasteiger partial charge in [-0.1, -0.05) is 56.3 Å². The van der Waals surface area contributed by atoms with E-state index in [2.05, 4.69) is 92.3 Å². The Hall–Kier alpha value is -3.40. The van der Waals surface area contributed by atoms with E-state index >= 15 is 0 Å². The fourth-order valence-corrected chi connectivity index (χ4v) is 4.57. The van der Waals surface area contributed by atoms with Gasteiger partial charge >= 0.3 is 0 Å². The summed E-state index contributed by atoms with van der Waals surface area (Å²) in [4.78, 5) is 12.0. The van der Waals surface area contributed by atoms with Crippen molar-refractivity contribution in [2.75, 3.05) is 18.6 Å². The van der Waals surface area contributed by atoms with E-state index in [-0.39, 0.29) is 0 Å². The van der Waals surface area contributed by atoms with E-state index in [0.717, 1.165) is 46.7 Å². The average molecular weight is 440 g/mol. The zero-order chi connectivity index (χ0) is 23.4. The standard InChI is InChI=1S/C29H33N3O/c1-6-21-13-11-14-22(7-2)28(21)26-18-27(33-8-3)25(20(4)31-26)19-32(5)29-24-15-10-9-12-23(24)16-17-30-29/h9-18H,6-8,19H2,1-5H3. The van der Waals surface area contributed by atoms with Crippen LogP contribution in [0, 0.1) is 6.92 Å². The quantitative estimate of drug-likeness (QED) is 0.304. The molecule has 0 saturated carbocycles.